The molecule has 0 fully saturated rings. The number of nitrogens with zero attached hydrogens (tertiary/aromatic N) is 2. The van der Waals surface area contributed by atoms with Crippen LogP contribution in [0.3, 0.4) is 0 Å². The molecule has 11 heteroatoms. The van der Waals surface area contributed by atoms with Crippen molar-refractivity contribution in [2.24, 2.45) is 0 Å². The molecule has 0 saturated carbocycles. The standard InChI is InChI=1S/2HNO3.2O.U/c2*2-1(3)4;;;/h2*(H,2,3,4);;;. The van der Waals surface area contributed by atoms with E-state index >= 15 is 0 Å². The second-order valence-corrected chi connectivity index (χ2v) is 1.25. The van der Waals surface area contributed by atoms with E-state index in [1.165, 1.54) is 0 Å². The van der Waals surface area contributed by atoms with Crippen LogP contribution in [0.2, 0.25) is 0 Å². The minimum absolute atomic E-state index is 1.50. The minimum atomic E-state index is -2.51. The van der Waals surface area contributed by atoms with Crippen molar-refractivity contribution >= 4 is 0 Å². The van der Waals surface area contributed by atoms with Gasteiger partial charge in [-0.1, -0.05) is 0 Å². The summed E-state index contributed by atoms with van der Waals surface area (Å²) in [4.78, 5) is 16.7. The van der Waals surface area contributed by atoms with Gasteiger partial charge in [0, 0.05) is 0 Å². The molecule has 0 rings (SSSR count). The molecule has 0 aromatic rings. The maximum atomic E-state index is 8.58. The predicted molar refractivity (Wildman–Crippen MR) is 18.9 cm³/mol. The Balaban J connectivity index is -0.0000000886. The summed E-state index contributed by atoms with van der Waals surface area (Å²) < 4.78 is 17.2. The molecule has 0 amide bonds. The Kier molecular flexibility index (Phi) is 24.1. The van der Waals surface area contributed by atoms with Crippen molar-refractivity contribution in [3.8, 4) is 0 Å². The van der Waals surface area contributed by atoms with E-state index in [1.54, 1.807) is 0 Å². The van der Waals surface area contributed by atoms with Crippen molar-refractivity contribution in [3.63, 3.8) is 0 Å². The van der Waals surface area contributed by atoms with Gasteiger partial charge in [-0.2, -0.15) is 0 Å². The van der Waals surface area contributed by atoms with Crippen molar-refractivity contribution in [2.45, 2.75) is 0 Å². The molecule has 0 atom stereocenters. The number of rotatable bonds is 0. The van der Waals surface area contributed by atoms with Crippen molar-refractivity contribution in [2.75, 3.05) is 0 Å². The Morgan fingerprint density at radius 2 is 1.00 bits per heavy atom. The first-order valence-electron chi connectivity index (χ1n) is 1.54. The molecule has 0 saturated heterocycles. The van der Waals surface area contributed by atoms with E-state index in [1.807, 2.05) is 0 Å². The third-order valence-corrected chi connectivity index (χ3v) is 0. The summed E-state index contributed by atoms with van der Waals surface area (Å²) in [6, 6.07) is 0. The van der Waals surface area contributed by atoms with Crippen LogP contribution in [0.5, 0.6) is 0 Å². The molecule has 11 heavy (non-hydrogen) atoms. The van der Waals surface area contributed by atoms with Crippen LogP contribution in [0.1, 0.15) is 0 Å². The van der Waals surface area contributed by atoms with Gasteiger partial charge in [-0.25, -0.2) is 0 Å². The van der Waals surface area contributed by atoms with Gasteiger partial charge < -0.3 is 10.4 Å². The summed E-state index contributed by atoms with van der Waals surface area (Å²) in [5, 5.41) is 27.3. The fourth-order valence-electron chi connectivity index (χ4n) is 0. The Hall–Kier alpha value is -0.948. The molecule has 0 aromatic heterocycles. The summed E-state index contributed by atoms with van der Waals surface area (Å²) in [5.74, 6) is 0. The molecule has 0 aliphatic carbocycles. The number of hydrogen-bond donors (Lipinski definition) is 2. The van der Waals surface area contributed by atoms with Crippen molar-refractivity contribution in [3.05, 3.63) is 20.2 Å². The summed E-state index contributed by atoms with van der Waals surface area (Å²) >= 11 is -2.51. The zero-order chi connectivity index (χ0) is 9.86. The molecule has 0 radical (unpaired) electrons. The molecule has 0 aliphatic rings. The average molecular weight is 396 g/mol. The first-order chi connectivity index (χ1) is 4.88. The monoisotopic (exact) mass is 396 g/mol. The molecular weight excluding hydrogens is 394 g/mol. The topological polar surface area (TPSA) is 161 Å². The van der Waals surface area contributed by atoms with Crippen LogP contribution in [-0.4, -0.2) is 20.6 Å². The summed E-state index contributed by atoms with van der Waals surface area (Å²) in [6.07, 6.45) is 0. The van der Waals surface area contributed by atoms with Gasteiger partial charge in [-0.3, -0.25) is 0 Å². The maximum absolute atomic E-state index is 8.58. The van der Waals surface area contributed by atoms with Crippen molar-refractivity contribution in [1.29, 1.82) is 0 Å². The second-order valence-electron chi connectivity index (χ2n) is 0.559. The molecule has 0 bridgehead atoms. The fourth-order valence-corrected chi connectivity index (χ4v) is 0. The predicted octanol–water partition coefficient (Wildman–Crippen LogP) is -0.933. The van der Waals surface area contributed by atoms with Gasteiger partial charge in [0.25, 0.3) is 10.2 Å². The van der Waals surface area contributed by atoms with Crippen LogP contribution in [0, 0.1) is 48.0 Å². The van der Waals surface area contributed by atoms with E-state index in [0.29, 0.717) is 0 Å². The van der Waals surface area contributed by atoms with E-state index < -0.39 is 38.0 Å². The van der Waals surface area contributed by atoms with Gasteiger partial charge in [-0.05, 0) is 0 Å². The number of hydrogen-bond acceptors (Lipinski definition) is 6. The van der Waals surface area contributed by atoms with Gasteiger partial charge in [0.2, 0.25) is 0 Å². The molecule has 0 aliphatic heterocycles. The SMILES string of the molecule is O=[N+]([O-])O.O=[N+]([O-])O.[O]=[U]=[O]. The van der Waals surface area contributed by atoms with Crippen LogP contribution >= 0.6 is 0 Å². The second kappa shape index (κ2) is 16.0. The Morgan fingerprint density at radius 3 is 1.00 bits per heavy atom. The Bertz CT molecular complexity index is 124. The van der Waals surface area contributed by atoms with Crippen LogP contribution in [0.15, 0.2) is 0 Å². The van der Waals surface area contributed by atoms with E-state index in [4.69, 9.17) is 35.1 Å². The summed E-state index contributed by atoms with van der Waals surface area (Å²) in [7, 11) is 0. The third kappa shape index (κ3) is 501. The van der Waals surface area contributed by atoms with E-state index in [9.17, 15) is 0 Å². The molecule has 0 heterocycles. The molecule has 0 spiro atoms. The third-order valence-electron chi connectivity index (χ3n) is 0. The van der Waals surface area contributed by atoms with E-state index in [-0.39, 0.29) is 0 Å². The quantitative estimate of drug-likeness (QED) is 0.392. The van der Waals surface area contributed by atoms with E-state index in [2.05, 4.69) is 0 Å². The van der Waals surface area contributed by atoms with Gasteiger partial charge in [0.1, 0.15) is 0 Å². The Labute approximate surface area is 73.2 Å². The molecular formula is H2N2O8U. The zero-order valence-electron chi connectivity index (χ0n) is 4.74. The van der Waals surface area contributed by atoms with Gasteiger partial charge in [0.05, 0.1) is 0 Å². The fraction of sp³-hybridized carbons (Fsp3) is 0. The van der Waals surface area contributed by atoms with Crippen molar-refractivity contribution < 1.29 is 52.9 Å². The van der Waals surface area contributed by atoms with Gasteiger partial charge in [-0.15, -0.1) is 20.2 Å². The summed E-state index contributed by atoms with van der Waals surface area (Å²) in [5.41, 5.74) is 0. The molecule has 2 N–H and O–H groups in total. The van der Waals surface area contributed by atoms with Gasteiger partial charge in [0.15, 0.2) is 0 Å². The van der Waals surface area contributed by atoms with Crippen LogP contribution in [-0.2, 0) is 4.47 Å². The molecule has 64 valence electrons. The Morgan fingerprint density at radius 1 is 1.00 bits per heavy atom. The van der Waals surface area contributed by atoms with E-state index in [0.717, 1.165) is 0 Å². The molecule has 0 aromatic carbocycles. The first-order valence-corrected chi connectivity index (χ1v) is 4.94. The van der Waals surface area contributed by atoms with Crippen LogP contribution in [0.4, 0.5) is 0 Å². The molecule has 0 unspecified atom stereocenters. The zero-order valence-corrected chi connectivity index (χ0v) is 8.90. The van der Waals surface area contributed by atoms with Crippen LogP contribution in [0.25, 0.3) is 0 Å². The summed E-state index contributed by atoms with van der Waals surface area (Å²) in [6.45, 7) is 0. The van der Waals surface area contributed by atoms with Crippen molar-refractivity contribution in [1.82, 2.24) is 0 Å². The van der Waals surface area contributed by atoms with Crippen LogP contribution < -0.4 is 0 Å². The first kappa shape index (κ1) is 16.6. The molecule has 10 nitrogen and oxygen atoms in total. The van der Waals surface area contributed by atoms with Gasteiger partial charge >= 0.3 is 32.3 Å². The normalized spacial score (nSPS) is 5.09. The average Bonchev–Trinajstić information content (AvgIpc) is 1.60.